The maximum absolute atomic E-state index is 13.3. The molecule has 3 aromatic heterocycles. The van der Waals surface area contributed by atoms with Crippen LogP contribution in [0.1, 0.15) is 10.6 Å². The number of nitrogens with zero attached hydrogens (tertiary/aromatic N) is 5. The Kier molecular flexibility index (Phi) is 4.79. The first-order valence-electron chi connectivity index (χ1n) is 8.19. The monoisotopic (exact) mass is 410 g/mol. The van der Waals surface area contributed by atoms with Gasteiger partial charge in [0.05, 0.1) is 15.5 Å². The van der Waals surface area contributed by atoms with Gasteiger partial charge in [0.1, 0.15) is 17.7 Å². The molecule has 0 atom stereocenters. The van der Waals surface area contributed by atoms with E-state index < -0.39 is 16.6 Å². The molecule has 1 N–H and O–H groups in total. The van der Waals surface area contributed by atoms with Crippen LogP contribution in [-0.2, 0) is 0 Å². The summed E-state index contributed by atoms with van der Waals surface area (Å²) in [5.41, 5.74) is 0.138. The second-order valence-corrected chi connectivity index (χ2v) is 6.68. The quantitative estimate of drug-likeness (QED) is 0.396. The molecule has 29 heavy (non-hydrogen) atoms. The van der Waals surface area contributed by atoms with Gasteiger partial charge in [0, 0.05) is 6.20 Å². The highest BCUT2D eigenvalue weighted by Crippen LogP contribution is 2.27. The van der Waals surface area contributed by atoms with Gasteiger partial charge in [0.2, 0.25) is 5.82 Å². The van der Waals surface area contributed by atoms with E-state index in [2.05, 4.69) is 20.4 Å². The zero-order valence-electron chi connectivity index (χ0n) is 14.5. The molecule has 0 bridgehead atoms. The van der Waals surface area contributed by atoms with Crippen LogP contribution in [0.15, 0.2) is 60.2 Å². The summed E-state index contributed by atoms with van der Waals surface area (Å²) >= 11 is 1.40. The van der Waals surface area contributed by atoms with Crippen LogP contribution in [-0.4, -0.2) is 30.6 Å². The molecule has 144 valence electrons. The summed E-state index contributed by atoms with van der Waals surface area (Å²) in [4.78, 5) is 31.9. The third-order valence-corrected chi connectivity index (χ3v) is 4.73. The summed E-state index contributed by atoms with van der Waals surface area (Å²) < 4.78 is 14.7. The number of nitro groups is 1. The van der Waals surface area contributed by atoms with Crippen LogP contribution in [0.2, 0.25) is 0 Å². The first kappa shape index (κ1) is 18.4. The van der Waals surface area contributed by atoms with Crippen molar-refractivity contribution in [2.75, 3.05) is 5.32 Å². The Morgan fingerprint density at radius 1 is 1.21 bits per heavy atom. The number of nitrogens with one attached hydrogen (secondary N) is 1. The van der Waals surface area contributed by atoms with E-state index in [-0.39, 0.29) is 17.2 Å². The van der Waals surface area contributed by atoms with Crippen molar-refractivity contribution < 1.29 is 14.1 Å². The molecule has 0 aliphatic rings. The number of aromatic nitrogens is 4. The first-order chi connectivity index (χ1) is 14.0. The van der Waals surface area contributed by atoms with Gasteiger partial charge in [-0.3, -0.25) is 19.9 Å². The van der Waals surface area contributed by atoms with Crippen LogP contribution in [0, 0.1) is 15.9 Å². The van der Waals surface area contributed by atoms with Crippen LogP contribution in [0.5, 0.6) is 0 Å². The van der Waals surface area contributed by atoms with Crippen molar-refractivity contribution in [1.29, 1.82) is 0 Å². The fourth-order valence-corrected chi connectivity index (χ4v) is 3.25. The lowest BCUT2D eigenvalue weighted by Crippen LogP contribution is -2.15. The van der Waals surface area contributed by atoms with Crippen molar-refractivity contribution in [3.63, 3.8) is 0 Å². The number of hydrogen-bond donors (Lipinski definition) is 1. The number of thiophene rings is 1. The van der Waals surface area contributed by atoms with Crippen LogP contribution in [0.4, 0.5) is 15.8 Å². The van der Waals surface area contributed by atoms with E-state index in [1.165, 1.54) is 52.5 Å². The average molecular weight is 410 g/mol. The molecule has 9 nitrogen and oxygen atoms in total. The maximum atomic E-state index is 13.3. The van der Waals surface area contributed by atoms with Crippen LogP contribution >= 0.6 is 11.3 Å². The third-order valence-electron chi connectivity index (χ3n) is 3.87. The molecule has 0 saturated carbocycles. The molecule has 0 radical (unpaired) electrons. The predicted molar refractivity (Wildman–Crippen MR) is 103 cm³/mol. The summed E-state index contributed by atoms with van der Waals surface area (Å²) in [7, 11) is 0. The van der Waals surface area contributed by atoms with E-state index in [1.807, 2.05) is 17.5 Å². The minimum absolute atomic E-state index is 0.0224. The van der Waals surface area contributed by atoms with Crippen molar-refractivity contribution in [2.45, 2.75) is 0 Å². The number of amides is 1. The smallest absolute Gasteiger partial charge is 0.310 e. The molecule has 1 amide bonds. The highest BCUT2D eigenvalue weighted by molar-refractivity contribution is 7.13. The molecule has 11 heteroatoms. The van der Waals surface area contributed by atoms with E-state index in [9.17, 15) is 19.3 Å². The number of carbonyl (C=O) groups is 1. The second-order valence-electron chi connectivity index (χ2n) is 5.73. The second kappa shape index (κ2) is 7.56. The Labute approximate surface area is 166 Å². The molecule has 0 unspecified atom stereocenters. The summed E-state index contributed by atoms with van der Waals surface area (Å²) in [6.07, 6.45) is 2.36. The average Bonchev–Trinajstić information content (AvgIpc) is 3.38. The van der Waals surface area contributed by atoms with E-state index in [0.29, 0.717) is 11.5 Å². The Bertz CT molecular complexity index is 1190. The topological polar surface area (TPSA) is 116 Å². The molecular weight excluding hydrogens is 399 g/mol. The van der Waals surface area contributed by atoms with Gasteiger partial charge in [-0.2, -0.15) is 0 Å². The summed E-state index contributed by atoms with van der Waals surface area (Å²) in [6.45, 7) is 0. The van der Waals surface area contributed by atoms with Crippen molar-refractivity contribution in [2.24, 2.45) is 0 Å². The molecule has 0 fully saturated rings. The van der Waals surface area contributed by atoms with Crippen molar-refractivity contribution in [3.8, 4) is 16.4 Å². The molecule has 4 rings (SSSR count). The molecule has 0 aliphatic heterocycles. The van der Waals surface area contributed by atoms with Crippen LogP contribution in [0.3, 0.4) is 0 Å². The fourth-order valence-electron chi connectivity index (χ4n) is 2.55. The molecule has 0 spiro atoms. The summed E-state index contributed by atoms with van der Waals surface area (Å²) in [5.74, 6) is -0.933. The fraction of sp³-hybridized carbons (Fsp3) is 0. The molecule has 3 heterocycles. The van der Waals surface area contributed by atoms with Crippen LogP contribution < -0.4 is 5.32 Å². The number of anilines is 1. The summed E-state index contributed by atoms with van der Waals surface area (Å²) in [6, 6.07) is 10.5. The molecule has 4 aromatic rings. The number of carbonyl (C=O) groups excluding carboxylic acids is 1. The standard InChI is InChI=1S/C18H11FN6O3S/c19-11-3-5-12(6-4-11)24-17(15-2-1-9-29-15)22-16(23-24)18(26)21-13-7-8-20-10-14(13)25(27)28/h1-10H,(H,20,21,26). The molecule has 0 saturated heterocycles. The normalized spacial score (nSPS) is 10.7. The minimum atomic E-state index is -0.724. The van der Waals surface area contributed by atoms with Gasteiger partial charge < -0.3 is 5.32 Å². The third kappa shape index (κ3) is 3.71. The number of halogens is 1. The lowest BCUT2D eigenvalue weighted by molar-refractivity contribution is -0.384. The molecule has 0 aliphatic carbocycles. The predicted octanol–water partition coefficient (Wildman–Crippen LogP) is 3.69. The van der Waals surface area contributed by atoms with Crippen molar-refractivity contribution in [1.82, 2.24) is 19.7 Å². The van der Waals surface area contributed by atoms with Gasteiger partial charge in [-0.25, -0.2) is 14.1 Å². The van der Waals surface area contributed by atoms with Crippen LogP contribution in [0.25, 0.3) is 16.4 Å². The Balaban J connectivity index is 1.73. The molecular formula is C18H11FN6O3S. The Morgan fingerprint density at radius 3 is 2.69 bits per heavy atom. The number of benzene rings is 1. The van der Waals surface area contributed by atoms with Gasteiger partial charge >= 0.3 is 5.69 Å². The lowest BCUT2D eigenvalue weighted by atomic mass is 10.3. The Hall–Kier alpha value is -3.99. The minimum Gasteiger partial charge on any atom is -0.313 e. The van der Waals surface area contributed by atoms with Gasteiger partial charge in [-0.15, -0.1) is 16.4 Å². The SMILES string of the molecule is O=C(Nc1ccncc1[N+](=O)[O-])c1nc(-c2cccs2)n(-c2ccc(F)cc2)n1. The zero-order valence-corrected chi connectivity index (χ0v) is 15.3. The number of pyridine rings is 1. The van der Waals surface area contributed by atoms with Gasteiger partial charge in [-0.1, -0.05) is 6.07 Å². The van der Waals surface area contributed by atoms with Crippen molar-refractivity contribution in [3.05, 3.63) is 82.0 Å². The Morgan fingerprint density at radius 2 is 2.00 bits per heavy atom. The zero-order chi connectivity index (χ0) is 20.4. The number of hydrogen-bond acceptors (Lipinski definition) is 7. The van der Waals surface area contributed by atoms with Crippen molar-refractivity contribution >= 4 is 28.6 Å². The van der Waals surface area contributed by atoms with Gasteiger partial charge in [0.25, 0.3) is 5.91 Å². The maximum Gasteiger partial charge on any atom is 0.310 e. The largest absolute Gasteiger partial charge is 0.313 e. The number of rotatable bonds is 5. The summed E-state index contributed by atoms with van der Waals surface area (Å²) in [5, 5.41) is 19.6. The highest BCUT2D eigenvalue weighted by atomic mass is 32.1. The molecule has 1 aromatic carbocycles. The van der Waals surface area contributed by atoms with Gasteiger partial charge in [0.15, 0.2) is 5.82 Å². The van der Waals surface area contributed by atoms with E-state index in [1.54, 1.807) is 0 Å². The highest BCUT2D eigenvalue weighted by Gasteiger charge is 2.22. The first-order valence-corrected chi connectivity index (χ1v) is 9.07. The van der Waals surface area contributed by atoms with E-state index in [4.69, 9.17) is 0 Å². The lowest BCUT2D eigenvalue weighted by Gasteiger charge is -2.04. The van der Waals surface area contributed by atoms with Gasteiger partial charge in [-0.05, 0) is 41.8 Å². The van der Waals surface area contributed by atoms with E-state index >= 15 is 0 Å². The van der Waals surface area contributed by atoms with E-state index in [0.717, 1.165) is 11.1 Å².